The highest BCUT2D eigenvalue weighted by Gasteiger charge is 2.17. The zero-order valence-electron chi connectivity index (χ0n) is 11.3. The number of aliphatic hydroxyl groups excluding tert-OH is 1. The van der Waals surface area contributed by atoms with Crippen molar-refractivity contribution in [1.29, 1.82) is 0 Å². The van der Waals surface area contributed by atoms with Crippen molar-refractivity contribution in [2.24, 2.45) is 0 Å². The molecule has 0 bridgehead atoms. The molecule has 6 heteroatoms. The molecular weight excluding hydrogens is 302 g/mol. The molecule has 2 aromatic carbocycles. The number of hydrogen-bond acceptors (Lipinski definition) is 5. The highest BCUT2D eigenvalue weighted by atomic mass is 32.1. The van der Waals surface area contributed by atoms with Crippen LogP contribution in [-0.4, -0.2) is 10.0 Å². The third-order valence-electron chi connectivity index (χ3n) is 3.42. The largest absolute Gasteiger partial charge is 0.383 e. The Balaban J connectivity index is 2.05. The van der Waals surface area contributed by atoms with Crippen LogP contribution in [-0.2, 0) is 0 Å². The molecule has 3 rings (SSSR count). The van der Waals surface area contributed by atoms with Crippen molar-refractivity contribution in [2.45, 2.75) is 6.10 Å². The normalized spacial score (nSPS) is 12.2. The Hall–Kier alpha value is -2.57. The average molecular weight is 313 g/mol. The molecule has 1 atom stereocenters. The predicted molar refractivity (Wildman–Crippen MR) is 85.3 cm³/mol. The van der Waals surface area contributed by atoms with E-state index in [0.717, 1.165) is 4.70 Å². The fourth-order valence-electron chi connectivity index (χ4n) is 2.24. The van der Waals surface area contributed by atoms with Crippen molar-refractivity contribution in [1.82, 2.24) is 0 Å². The molecule has 22 heavy (non-hydrogen) atoms. The lowest BCUT2D eigenvalue weighted by Gasteiger charge is -2.11. The predicted octanol–water partition coefficient (Wildman–Crippen LogP) is 3.25. The molecule has 0 fully saturated rings. The second kappa shape index (κ2) is 5.67. The summed E-state index contributed by atoms with van der Waals surface area (Å²) in [5.74, 6) is 0. The summed E-state index contributed by atoms with van der Waals surface area (Å²) < 4.78 is 0.854. The highest BCUT2D eigenvalue weighted by molar-refractivity contribution is 7.16. The molecule has 0 amide bonds. The first-order valence-corrected chi connectivity index (χ1v) is 7.39. The summed E-state index contributed by atoms with van der Waals surface area (Å²) in [6.45, 7) is 0. The van der Waals surface area contributed by atoms with Gasteiger partial charge in [-0.2, -0.15) is 0 Å². The van der Waals surface area contributed by atoms with Gasteiger partial charge in [-0.05, 0) is 29.8 Å². The van der Waals surface area contributed by atoms with Gasteiger partial charge in [0.25, 0.3) is 5.69 Å². The Labute approximate surface area is 129 Å². The topological polar surface area (TPSA) is 80.4 Å². The summed E-state index contributed by atoms with van der Waals surface area (Å²) in [5.41, 5.74) is 0.447. The van der Waals surface area contributed by atoms with Crippen LogP contribution in [0.25, 0.3) is 10.1 Å². The maximum Gasteiger partial charge on any atom is 0.269 e. The third-order valence-corrected chi connectivity index (χ3v) is 4.40. The summed E-state index contributed by atoms with van der Waals surface area (Å²) >= 11 is 1.38. The quantitative estimate of drug-likeness (QED) is 0.594. The van der Waals surface area contributed by atoms with Gasteiger partial charge in [0.1, 0.15) is 6.10 Å². The smallest absolute Gasteiger partial charge is 0.269 e. The molecule has 0 saturated heterocycles. The number of hydrogen-bond donors (Lipinski definition) is 1. The van der Waals surface area contributed by atoms with Gasteiger partial charge in [0.05, 0.1) is 4.92 Å². The Bertz CT molecular complexity index is 902. The Kier molecular flexibility index (Phi) is 3.70. The summed E-state index contributed by atoms with van der Waals surface area (Å²) in [7, 11) is 0. The van der Waals surface area contributed by atoms with E-state index in [1.165, 1.54) is 35.6 Å². The number of non-ortho nitro benzene ring substituents is 1. The van der Waals surface area contributed by atoms with Crippen LogP contribution in [0, 0.1) is 10.1 Å². The van der Waals surface area contributed by atoms with E-state index >= 15 is 0 Å². The first-order chi connectivity index (χ1) is 10.6. The van der Waals surface area contributed by atoms with Gasteiger partial charge < -0.3 is 5.11 Å². The first-order valence-electron chi connectivity index (χ1n) is 6.51. The minimum Gasteiger partial charge on any atom is -0.383 e. The maximum atomic E-state index is 12.5. The Morgan fingerprint density at radius 2 is 1.77 bits per heavy atom. The van der Waals surface area contributed by atoms with E-state index in [4.69, 9.17) is 0 Å². The zero-order valence-corrected chi connectivity index (χ0v) is 12.1. The van der Waals surface area contributed by atoms with Crippen LogP contribution in [0.3, 0.4) is 0 Å². The lowest BCUT2D eigenvalue weighted by Crippen LogP contribution is -2.13. The standard InChI is InChI=1S/C16H11NO4S/c18-15(10-5-7-11(8-6-10)17(20)21)13-9-22-14-4-2-1-3-12(14)16(13)19/h1-9,15,18H. The fourth-order valence-corrected chi connectivity index (χ4v) is 3.17. The molecule has 5 nitrogen and oxygen atoms in total. The molecular formula is C16H11NO4S. The van der Waals surface area contributed by atoms with Crippen LogP contribution in [0.1, 0.15) is 17.2 Å². The second-order valence-electron chi connectivity index (χ2n) is 4.77. The molecule has 0 aliphatic rings. The van der Waals surface area contributed by atoms with E-state index in [9.17, 15) is 20.0 Å². The van der Waals surface area contributed by atoms with Crippen LogP contribution in [0.4, 0.5) is 5.69 Å². The molecule has 0 spiro atoms. The molecule has 1 aromatic heterocycles. The van der Waals surface area contributed by atoms with Crippen molar-refractivity contribution in [3.8, 4) is 0 Å². The number of nitrogens with zero attached hydrogens (tertiary/aromatic N) is 1. The van der Waals surface area contributed by atoms with E-state index in [1.807, 2.05) is 12.1 Å². The molecule has 110 valence electrons. The molecule has 0 saturated carbocycles. The van der Waals surface area contributed by atoms with Gasteiger partial charge >= 0.3 is 0 Å². The van der Waals surface area contributed by atoms with Gasteiger partial charge in [-0.25, -0.2) is 0 Å². The molecule has 0 aliphatic carbocycles. The van der Waals surface area contributed by atoms with Gasteiger partial charge in [0.15, 0.2) is 5.43 Å². The van der Waals surface area contributed by atoms with Crippen LogP contribution in [0.2, 0.25) is 0 Å². The molecule has 1 unspecified atom stereocenters. The van der Waals surface area contributed by atoms with E-state index in [2.05, 4.69) is 0 Å². The average Bonchev–Trinajstić information content (AvgIpc) is 2.55. The Morgan fingerprint density at radius 3 is 2.45 bits per heavy atom. The lowest BCUT2D eigenvalue weighted by molar-refractivity contribution is -0.384. The monoisotopic (exact) mass is 313 g/mol. The van der Waals surface area contributed by atoms with Crippen LogP contribution in [0.5, 0.6) is 0 Å². The zero-order chi connectivity index (χ0) is 15.7. The van der Waals surface area contributed by atoms with E-state index in [1.54, 1.807) is 17.5 Å². The Morgan fingerprint density at radius 1 is 1.09 bits per heavy atom. The molecule has 0 radical (unpaired) electrons. The van der Waals surface area contributed by atoms with Crippen LogP contribution in [0.15, 0.2) is 58.7 Å². The van der Waals surface area contributed by atoms with Crippen molar-refractivity contribution in [2.75, 3.05) is 0 Å². The molecule has 3 aromatic rings. The van der Waals surface area contributed by atoms with Crippen LogP contribution >= 0.6 is 11.3 Å². The number of nitro groups is 1. The third kappa shape index (κ3) is 2.49. The number of aliphatic hydroxyl groups is 1. The summed E-state index contributed by atoms with van der Waals surface area (Å²) in [6.07, 6.45) is -1.10. The summed E-state index contributed by atoms with van der Waals surface area (Å²) in [6, 6.07) is 12.7. The second-order valence-corrected chi connectivity index (χ2v) is 5.68. The minimum atomic E-state index is -1.10. The number of fused-ring (bicyclic) bond motifs is 1. The highest BCUT2D eigenvalue weighted by Crippen LogP contribution is 2.25. The van der Waals surface area contributed by atoms with Crippen molar-refractivity contribution in [3.63, 3.8) is 0 Å². The first kappa shape index (κ1) is 14.4. The van der Waals surface area contributed by atoms with Gasteiger partial charge in [-0.3, -0.25) is 14.9 Å². The van der Waals surface area contributed by atoms with Crippen molar-refractivity contribution in [3.05, 3.63) is 85.4 Å². The minimum absolute atomic E-state index is 0.0559. The fraction of sp³-hybridized carbons (Fsp3) is 0.0625. The van der Waals surface area contributed by atoms with E-state index < -0.39 is 11.0 Å². The summed E-state index contributed by atoms with van der Waals surface area (Å²) in [5, 5.41) is 23.2. The van der Waals surface area contributed by atoms with Gasteiger partial charge in [-0.15, -0.1) is 11.3 Å². The van der Waals surface area contributed by atoms with Gasteiger partial charge in [-0.1, -0.05) is 12.1 Å². The van der Waals surface area contributed by atoms with Crippen molar-refractivity contribution >= 4 is 27.1 Å². The van der Waals surface area contributed by atoms with Gasteiger partial charge in [0.2, 0.25) is 0 Å². The molecule has 1 N–H and O–H groups in total. The van der Waals surface area contributed by atoms with Crippen LogP contribution < -0.4 is 5.43 Å². The lowest BCUT2D eigenvalue weighted by atomic mass is 10.0. The number of rotatable bonds is 3. The molecule has 1 heterocycles. The summed E-state index contributed by atoms with van der Waals surface area (Å²) in [4.78, 5) is 22.6. The van der Waals surface area contributed by atoms with Crippen molar-refractivity contribution < 1.29 is 10.0 Å². The van der Waals surface area contributed by atoms with E-state index in [0.29, 0.717) is 10.9 Å². The van der Waals surface area contributed by atoms with Gasteiger partial charge in [0, 0.05) is 33.2 Å². The molecule has 0 aliphatic heterocycles. The maximum absolute atomic E-state index is 12.5. The van der Waals surface area contributed by atoms with E-state index in [-0.39, 0.29) is 16.7 Å². The number of benzene rings is 2. The SMILES string of the molecule is O=c1c(C(O)c2ccc([N+](=O)[O-])cc2)csc2ccccc12. The number of nitro benzene ring substituents is 1.